The molecule has 1 nitrogen and oxygen atoms in total. The maximum Gasteiger partial charge on any atom is 0.0300 e. The van der Waals surface area contributed by atoms with Crippen LogP contribution in [0.3, 0.4) is 0 Å². The zero-order chi connectivity index (χ0) is 14.7. The molecule has 1 N–H and O–H groups in total. The topological polar surface area (TPSA) is 12.0 Å². The van der Waals surface area contributed by atoms with Crippen LogP contribution in [-0.4, -0.2) is 0 Å². The van der Waals surface area contributed by atoms with E-state index < -0.39 is 0 Å². The van der Waals surface area contributed by atoms with Gasteiger partial charge in [0.2, 0.25) is 0 Å². The van der Waals surface area contributed by atoms with E-state index >= 15 is 0 Å². The van der Waals surface area contributed by atoms with E-state index in [1.165, 1.54) is 22.3 Å². The highest BCUT2D eigenvalue weighted by molar-refractivity contribution is 9.10. The SMILES string of the molecule is Cc1ccc(C)c(C(C)N[C@@H](C)c2ccc(Br)cc2)c1. The lowest BCUT2D eigenvalue weighted by Crippen LogP contribution is -2.23. The summed E-state index contributed by atoms with van der Waals surface area (Å²) in [6, 6.07) is 15.8. The van der Waals surface area contributed by atoms with Gasteiger partial charge in [-0.3, -0.25) is 0 Å². The van der Waals surface area contributed by atoms with Gasteiger partial charge in [-0.05, 0) is 56.5 Å². The number of rotatable bonds is 4. The van der Waals surface area contributed by atoms with Gasteiger partial charge in [0.15, 0.2) is 0 Å². The molecule has 0 saturated carbocycles. The van der Waals surface area contributed by atoms with Gasteiger partial charge in [-0.15, -0.1) is 0 Å². The lowest BCUT2D eigenvalue weighted by atomic mass is 9.98. The van der Waals surface area contributed by atoms with Crippen LogP contribution in [0.25, 0.3) is 0 Å². The van der Waals surface area contributed by atoms with Crippen molar-refractivity contribution in [3.05, 3.63) is 69.2 Å². The molecule has 2 heteroatoms. The summed E-state index contributed by atoms with van der Waals surface area (Å²) in [6.07, 6.45) is 0. The number of benzene rings is 2. The lowest BCUT2D eigenvalue weighted by molar-refractivity contribution is 0.493. The number of halogens is 1. The summed E-state index contributed by atoms with van der Waals surface area (Å²) in [7, 11) is 0. The maximum absolute atomic E-state index is 3.68. The van der Waals surface area contributed by atoms with E-state index in [1.807, 2.05) is 0 Å². The maximum atomic E-state index is 3.68. The van der Waals surface area contributed by atoms with Crippen LogP contribution in [0.1, 0.15) is 48.2 Å². The van der Waals surface area contributed by atoms with E-state index in [0.29, 0.717) is 12.1 Å². The van der Waals surface area contributed by atoms with Gasteiger partial charge in [-0.1, -0.05) is 51.8 Å². The molecule has 0 aromatic heterocycles. The Morgan fingerprint density at radius 3 is 2.20 bits per heavy atom. The second-order valence-electron chi connectivity index (χ2n) is 5.52. The third kappa shape index (κ3) is 3.71. The molecule has 2 rings (SSSR count). The van der Waals surface area contributed by atoms with Crippen molar-refractivity contribution in [3.63, 3.8) is 0 Å². The molecule has 20 heavy (non-hydrogen) atoms. The number of aryl methyl sites for hydroxylation is 2. The van der Waals surface area contributed by atoms with Crippen LogP contribution in [0.4, 0.5) is 0 Å². The van der Waals surface area contributed by atoms with Crippen LogP contribution in [0.15, 0.2) is 46.9 Å². The van der Waals surface area contributed by atoms with Gasteiger partial charge >= 0.3 is 0 Å². The third-order valence-electron chi connectivity index (χ3n) is 3.77. The minimum atomic E-state index is 0.331. The monoisotopic (exact) mass is 331 g/mol. The van der Waals surface area contributed by atoms with E-state index in [-0.39, 0.29) is 0 Å². The smallest absolute Gasteiger partial charge is 0.0300 e. The highest BCUT2D eigenvalue weighted by Gasteiger charge is 2.13. The van der Waals surface area contributed by atoms with Crippen molar-refractivity contribution < 1.29 is 0 Å². The van der Waals surface area contributed by atoms with Crippen molar-refractivity contribution in [2.75, 3.05) is 0 Å². The van der Waals surface area contributed by atoms with Crippen LogP contribution >= 0.6 is 15.9 Å². The average molecular weight is 332 g/mol. The molecule has 2 aromatic rings. The Bertz CT molecular complexity index is 574. The first-order valence-corrected chi connectivity index (χ1v) is 7.85. The van der Waals surface area contributed by atoms with Crippen molar-refractivity contribution in [3.8, 4) is 0 Å². The fraction of sp³-hybridized carbons (Fsp3) is 0.333. The minimum Gasteiger partial charge on any atom is -0.304 e. The van der Waals surface area contributed by atoms with Gasteiger partial charge < -0.3 is 5.32 Å². The first-order chi connectivity index (χ1) is 9.47. The molecule has 0 saturated heterocycles. The van der Waals surface area contributed by atoms with Crippen molar-refractivity contribution in [2.45, 2.75) is 39.8 Å². The predicted octanol–water partition coefficient (Wildman–Crippen LogP) is 5.48. The first kappa shape index (κ1) is 15.3. The van der Waals surface area contributed by atoms with Gasteiger partial charge in [-0.25, -0.2) is 0 Å². The largest absolute Gasteiger partial charge is 0.304 e. The lowest BCUT2D eigenvalue weighted by Gasteiger charge is -2.22. The Morgan fingerprint density at radius 1 is 0.900 bits per heavy atom. The van der Waals surface area contributed by atoms with E-state index in [1.54, 1.807) is 0 Å². The Hall–Kier alpha value is -1.12. The molecule has 1 unspecified atom stereocenters. The summed E-state index contributed by atoms with van der Waals surface area (Å²) >= 11 is 3.48. The summed E-state index contributed by atoms with van der Waals surface area (Å²) in [5.41, 5.74) is 5.36. The fourth-order valence-corrected chi connectivity index (χ4v) is 2.80. The summed E-state index contributed by atoms with van der Waals surface area (Å²) in [4.78, 5) is 0. The zero-order valence-corrected chi connectivity index (χ0v) is 14.2. The minimum absolute atomic E-state index is 0.331. The van der Waals surface area contributed by atoms with Gasteiger partial charge in [0.05, 0.1) is 0 Å². The Morgan fingerprint density at radius 2 is 1.55 bits per heavy atom. The van der Waals surface area contributed by atoms with E-state index in [9.17, 15) is 0 Å². The number of hydrogen-bond acceptors (Lipinski definition) is 1. The second-order valence-corrected chi connectivity index (χ2v) is 6.44. The van der Waals surface area contributed by atoms with Crippen LogP contribution in [0.5, 0.6) is 0 Å². The molecular formula is C18H22BrN. The van der Waals surface area contributed by atoms with Crippen molar-refractivity contribution >= 4 is 15.9 Å². The van der Waals surface area contributed by atoms with Gasteiger partial charge in [0, 0.05) is 16.6 Å². The predicted molar refractivity (Wildman–Crippen MR) is 90.0 cm³/mol. The van der Waals surface area contributed by atoms with Crippen molar-refractivity contribution in [2.24, 2.45) is 0 Å². The second kappa shape index (κ2) is 6.55. The van der Waals surface area contributed by atoms with E-state index in [4.69, 9.17) is 0 Å². The molecule has 2 aromatic carbocycles. The molecule has 2 atom stereocenters. The first-order valence-electron chi connectivity index (χ1n) is 7.06. The van der Waals surface area contributed by atoms with Crippen LogP contribution in [-0.2, 0) is 0 Å². The highest BCUT2D eigenvalue weighted by Crippen LogP contribution is 2.23. The molecule has 0 spiro atoms. The highest BCUT2D eigenvalue weighted by atomic mass is 79.9. The Labute approximate surface area is 130 Å². The molecular weight excluding hydrogens is 310 g/mol. The summed E-state index contributed by atoms with van der Waals surface area (Å²) in [5.74, 6) is 0. The van der Waals surface area contributed by atoms with Crippen LogP contribution < -0.4 is 5.32 Å². The molecule has 0 radical (unpaired) electrons. The average Bonchev–Trinajstić information content (AvgIpc) is 2.42. The number of nitrogens with one attached hydrogen (secondary N) is 1. The summed E-state index contributed by atoms with van der Waals surface area (Å²) < 4.78 is 1.12. The van der Waals surface area contributed by atoms with E-state index in [0.717, 1.165) is 4.47 Å². The number of hydrogen-bond donors (Lipinski definition) is 1. The molecule has 0 aliphatic rings. The van der Waals surface area contributed by atoms with Gasteiger partial charge in [-0.2, -0.15) is 0 Å². The van der Waals surface area contributed by atoms with Gasteiger partial charge in [0.25, 0.3) is 0 Å². The molecule has 0 heterocycles. The van der Waals surface area contributed by atoms with E-state index in [2.05, 4.69) is 91.4 Å². The standard InChI is InChI=1S/C18H22BrN/c1-12-5-6-13(2)18(11-12)15(4)20-14(3)16-7-9-17(19)10-8-16/h5-11,14-15,20H,1-4H3/t14-,15?/m0/s1. The van der Waals surface area contributed by atoms with Crippen LogP contribution in [0, 0.1) is 13.8 Å². The summed E-state index contributed by atoms with van der Waals surface area (Å²) in [5, 5.41) is 3.68. The van der Waals surface area contributed by atoms with Crippen LogP contribution in [0.2, 0.25) is 0 Å². The third-order valence-corrected chi connectivity index (χ3v) is 4.30. The quantitative estimate of drug-likeness (QED) is 0.782. The molecule has 0 aliphatic heterocycles. The Kier molecular flexibility index (Phi) is 5.00. The zero-order valence-electron chi connectivity index (χ0n) is 12.6. The van der Waals surface area contributed by atoms with Crippen molar-refractivity contribution in [1.82, 2.24) is 5.32 Å². The molecule has 0 fully saturated rings. The van der Waals surface area contributed by atoms with Gasteiger partial charge in [0.1, 0.15) is 0 Å². The molecule has 0 aliphatic carbocycles. The van der Waals surface area contributed by atoms with Crippen molar-refractivity contribution in [1.29, 1.82) is 0 Å². The fourth-order valence-electron chi connectivity index (χ4n) is 2.54. The summed E-state index contributed by atoms with van der Waals surface area (Å²) in [6.45, 7) is 8.77. The molecule has 106 valence electrons. The normalized spacial score (nSPS) is 14.1. The molecule has 0 bridgehead atoms. The molecule has 0 amide bonds. The Balaban J connectivity index is 2.12.